The third-order valence-corrected chi connectivity index (χ3v) is 3.49. The average molecular weight is 258 g/mol. The lowest BCUT2D eigenvalue weighted by Gasteiger charge is -2.12. The molecule has 0 heterocycles. The van der Waals surface area contributed by atoms with E-state index >= 15 is 0 Å². The highest BCUT2D eigenvalue weighted by molar-refractivity contribution is 5.78. The molecule has 0 saturated heterocycles. The van der Waals surface area contributed by atoms with Crippen LogP contribution in [0.3, 0.4) is 0 Å². The van der Waals surface area contributed by atoms with Crippen molar-refractivity contribution >= 4 is 11.6 Å². The van der Waals surface area contributed by atoms with Crippen LogP contribution < -0.4 is 11.1 Å². The van der Waals surface area contributed by atoms with Gasteiger partial charge in [-0.15, -0.1) is 0 Å². The highest BCUT2D eigenvalue weighted by Crippen LogP contribution is 2.19. The van der Waals surface area contributed by atoms with Gasteiger partial charge in [-0.25, -0.2) is 0 Å². The molecule has 0 unspecified atom stereocenters. The maximum absolute atomic E-state index is 11.8. The molecule has 3 heteroatoms. The SMILES string of the molecule is Nc1ccc(CCNC(=O)CC2=CCCCC2)cc1. The van der Waals surface area contributed by atoms with Crippen LogP contribution in [0.2, 0.25) is 0 Å². The molecule has 1 aliphatic rings. The van der Waals surface area contributed by atoms with E-state index in [4.69, 9.17) is 5.73 Å². The number of nitrogen functional groups attached to an aromatic ring is 1. The van der Waals surface area contributed by atoms with E-state index < -0.39 is 0 Å². The largest absolute Gasteiger partial charge is 0.399 e. The van der Waals surface area contributed by atoms with Gasteiger partial charge in [0, 0.05) is 18.7 Å². The van der Waals surface area contributed by atoms with Gasteiger partial charge in [-0.3, -0.25) is 4.79 Å². The molecule has 0 fully saturated rings. The number of amides is 1. The minimum Gasteiger partial charge on any atom is -0.399 e. The van der Waals surface area contributed by atoms with Crippen molar-refractivity contribution in [1.29, 1.82) is 0 Å². The predicted molar refractivity (Wildman–Crippen MR) is 78.7 cm³/mol. The zero-order chi connectivity index (χ0) is 13.5. The lowest BCUT2D eigenvalue weighted by Crippen LogP contribution is -2.26. The number of benzene rings is 1. The predicted octanol–water partition coefficient (Wildman–Crippen LogP) is 2.82. The van der Waals surface area contributed by atoms with Gasteiger partial charge < -0.3 is 11.1 Å². The lowest BCUT2D eigenvalue weighted by atomic mass is 9.97. The molecule has 0 atom stereocenters. The molecule has 0 aromatic heterocycles. The van der Waals surface area contributed by atoms with Crippen LogP contribution in [0, 0.1) is 0 Å². The Bertz CT molecular complexity index is 448. The minimum atomic E-state index is 0.142. The van der Waals surface area contributed by atoms with Gasteiger partial charge in [0.05, 0.1) is 0 Å². The summed E-state index contributed by atoms with van der Waals surface area (Å²) in [5, 5.41) is 2.98. The molecule has 1 aromatic carbocycles. The molecule has 0 aliphatic heterocycles. The molecule has 0 radical (unpaired) electrons. The summed E-state index contributed by atoms with van der Waals surface area (Å²) in [5.74, 6) is 0.142. The molecular formula is C16H22N2O. The maximum Gasteiger partial charge on any atom is 0.224 e. The van der Waals surface area contributed by atoms with Crippen molar-refractivity contribution in [3.05, 3.63) is 41.5 Å². The maximum atomic E-state index is 11.8. The minimum absolute atomic E-state index is 0.142. The molecule has 3 N–H and O–H groups in total. The van der Waals surface area contributed by atoms with Gasteiger partial charge in [-0.05, 0) is 49.8 Å². The summed E-state index contributed by atoms with van der Waals surface area (Å²) in [7, 11) is 0. The van der Waals surface area contributed by atoms with Crippen molar-refractivity contribution in [1.82, 2.24) is 5.32 Å². The fraction of sp³-hybridized carbons (Fsp3) is 0.438. The molecule has 102 valence electrons. The van der Waals surface area contributed by atoms with E-state index in [0.29, 0.717) is 13.0 Å². The number of rotatable bonds is 5. The van der Waals surface area contributed by atoms with Crippen LogP contribution in [0.1, 0.15) is 37.7 Å². The number of nitrogens with two attached hydrogens (primary N) is 1. The Morgan fingerprint density at radius 1 is 1.21 bits per heavy atom. The summed E-state index contributed by atoms with van der Waals surface area (Å²) in [6, 6.07) is 7.80. The first kappa shape index (κ1) is 13.7. The normalized spacial score (nSPS) is 14.8. The van der Waals surface area contributed by atoms with E-state index in [1.54, 1.807) is 0 Å². The standard InChI is InChI=1S/C16H22N2O/c17-15-8-6-13(7-9-15)10-11-18-16(19)12-14-4-2-1-3-5-14/h4,6-9H,1-3,5,10-12,17H2,(H,18,19). The highest BCUT2D eigenvalue weighted by atomic mass is 16.1. The first-order chi connectivity index (χ1) is 9.24. The fourth-order valence-corrected chi connectivity index (χ4v) is 2.36. The van der Waals surface area contributed by atoms with Gasteiger partial charge in [0.2, 0.25) is 5.91 Å². The van der Waals surface area contributed by atoms with Crippen LogP contribution in [-0.4, -0.2) is 12.5 Å². The number of anilines is 1. The van der Waals surface area contributed by atoms with Crippen molar-refractivity contribution in [3.8, 4) is 0 Å². The number of hydrogen-bond acceptors (Lipinski definition) is 2. The molecule has 3 nitrogen and oxygen atoms in total. The van der Waals surface area contributed by atoms with Crippen molar-refractivity contribution in [3.63, 3.8) is 0 Å². The first-order valence-electron chi connectivity index (χ1n) is 7.03. The molecule has 1 aliphatic carbocycles. The molecule has 0 spiro atoms. The molecular weight excluding hydrogens is 236 g/mol. The quantitative estimate of drug-likeness (QED) is 0.630. The Morgan fingerprint density at radius 3 is 2.68 bits per heavy atom. The Kier molecular flexibility index (Phi) is 5.01. The monoisotopic (exact) mass is 258 g/mol. The Morgan fingerprint density at radius 2 is 2.00 bits per heavy atom. The van der Waals surface area contributed by atoms with E-state index in [2.05, 4.69) is 11.4 Å². The second-order valence-corrected chi connectivity index (χ2v) is 5.13. The van der Waals surface area contributed by atoms with Crippen molar-refractivity contribution in [2.75, 3.05) is 12.3 Å². The second kappa shape index (κ2) is 6.98. The Hall–Kier alpha value is -1.77. The number of carbonyl (C=O) groups is 1. The Balaban J connectivity index is 1.69. The smallest absolute Gasteiger partial charge is 0.224 e. The summed E-state index contributed by atoms with van der Waals surface area (Å²) in [6.45, 7) is 0.691. The van der Waals surface area contributed by atoms with Crippen LogP contribution in [0.15, 0.2) is 35.9 Å². The van der Waals surface area contributed by atoms with Gasteiger partial charge in [0.1, 0.15) is 0 Å². The zero-order valence-electron chi connectivity index (χ0n) is 11.3. The summed E-state index contributed by atoms with van der Waals surface area (Å²) < 4.78 is 0. The summed E-state index contributed by atoms with van der Waals surface area (Å²) in [5.41, 5.74) is 8.91. The molecule has 1 aromatic rings. The van der Waals surface area contributed by atoms with Crippen molar-refractivity contribution in [2.45, 2.75) is 38.5 Å². The van der Waals surface area contributed by atoms with Crippen molar-refractivity contribution < 1.29 is 4.79 Å². The van der Waals surface area contributed by atoms with E-state index in [0.717, 1.165) is 24.9 Å². The van der Waals surface area contributed by atoms with Gasteiger partial charge >= 0.3 is 0 Å². The van der Waals surface area contributed by atoms with Gasteiger partial charge in [0.15, 0.2) is 0 Å². The topological polar surface area (TPSA) is 55.1 Å². The Labute approximate surface area is 114 Å². The third-order valence-electron chi connectivity index (χ3n) is 3.49. The van der Waals surface area contributed by atoms with E-state index in [-0.39, 0.29) is 5.91 Å². The van der Waals surface area contributed by atoms with Crippen LogP contribution in [-0.2, 0) is 11.2 Å². The summed E-state index contributed by atoms with van der Waals surface area (Å²) in [6.07, 6.45) is 8.36. The molecule has 0 bridgehead atoms. The van der Waals surface area contributed by atoms with E-state index in [9.17, 15) is 4.79 Å². The van der Waals surface area contributed by atoms with Crippen LogP contribution in [0.25, 0.3) is 0 Å². The molecule has 2 rings (SSSR count). The lowest BCUT2D eigenvalue weighted by molar-refractivity contribution is -0.120. The molecule has 19 heavy (non-hydrogen) atoms. The third kappa shape index (κ3) is 4.78. The fourth-order valence-electron chi connectivity index (χ4n) is 2.36. The second-order valence-electron chi connectivity index (χ2n) is 5.13. The number of hydrogen-bond donors (Lipinski definition) is 2. The van der Waals surface area contributed by atoms with Crippen LogP contribution in [0.5, 0.6) is 0 Å². The van der Waals surface area contributed by atoms with E-state index in [1.807, 2.05) is 24.3 Å². The number of allylic oxidation sites excluding steroid dienone is 1. The first-order valence-corrected chi connectivity index (χ1v) is 7.03. The zero-order valence-corrected chi connectivity index (χ0v) is 11.3. The number of nitrogens with one attached hydrogen (secondary N) is 1. The summed E-state index contributed by atoms with van der Waals surface area (Å²) in [4.78, 5) is 11.8. The van der Waals surface area contributed by atoms with E-state index in [1.165, 1.54) is 24.0 Å². The van der Waals surface area contributed by atoms with Gasteiger partial charge in [-0.1, -0.05) is 23.8 Å². The van der Waals surface area contributed by atoms with Gasteiger partial charge in [0.25, 0.3) is 0 Å². The highest BCUT2D eigenvalue weighted by Gasteiger charge is 2.08. The summed E-state index contributed by atoms with van der Waals surface area (Å²) >= 11 is 0. The van der Waals surface area contributed by atoms with Crippen LogP contribution >= 0.6 is 0 Å². The van der Waals surface area contributed by atoms with Gasteiger partial charge in [-0.2, -0.15) is 0 Å². The molecule has 0 saturated carbocycles. The van der Waals surface area contributed by atoms with Crippen molar-refractivity contribution in [2.24, 2.45) is 0 Å². The number of carbonyl (C=O) groups excluding carboxylic acids is 1. The average Bonchev–Trinajstić information content (AvgIpc) is 2.42. The molecule has 1 amide bonds. The van der Waals surface area contributed by atoms with Crippen LogP contribution in [0.4, 0.5) is 5.69 Å².